The molecule has 2 atom stereocenters. The molecule has 0 saturated carbocycles. The molecule has 1 amide bonds. The largest absolute Gasteiger partial charge is 0.350 e. The molecule has 2 aromatic carbocycles. The van der Waals surface area contributed by atoms with Crippen LogP contribution in [0.15, 0.2) is 60.7 Å². The molecule has 108 valence electrons. The van der Waals surface area contributed by atoms with E-state index in [0.717, 1.165) is 19.4 Å². The summed E-state index contributed by atoms with van der Waals surface area (Å²) in [4.78, 5) is 12.2. The zero-order valence-electron chi connectivity index (χ0n) is 12.0. The van der Waals surface area contributed by atoms with Gasteiger partial charge in [0.25, 0.3) is 0 Å². The number of benzene rings is 2. The second kappa shape index (κ2) is 6.55. The Morgan fingerprint density at radius 3 is 2.00 bits per heavy atom. The molecule has 2 N–H and O–H groups in total. The molecule has 1 aliphatic rings. The van der Waals surface area contributed by atoms with Gasteiger partial charge in [0.15, 0.2) is 0 Å². The summed E-state index contributed by atoms with van der Waals surface area (Å²) in [6.07, 6.45) is 1.61. The Kier molecular flexibility index (Phi) is 4.31. The van der Waals surface area contributed by atoms with Crippen molar-refractivity contribution in [1.82, 2.24) is 10.6 Å². The van der Waals surface area contributed by atoms with E-state index in [1.54, 1.807) is 0 Å². The first-order chi connectivity index (χ1) is 10.3. The zero-order chi connectivity index (χ0) is 14.5. The van der Waals surface area contributed by atoms with E-state index in [1.807, 2.05) is 36.4 Å². The fraction of sp³-hybridized carbons (Fsp3) is 0.278. The number of hydrogen-bond acceptors (Lipinski definition) is 2. The number of amides is 1. The Labute approximate surface area is 125 Å². The van der Waals surface area contributed by atoms with E-state index < -0.39 is 0 Å². The maximum absolute atomic E-state index is 12.2. The van der Waals surface area contributed by atoms with Crippen molar-refractivity contribution in [3.8, 4) is 0 Å². The number of carbonyl (C=O) groups is 1. The molecule has 0 spiro atoms. The van der Waals surface area contributed by atoms with Gasteiger partial charge in [-0.3, -0.25) is 4.79 Å². The van der Waals surface area contributed by atoms with Crippen LogP contribution >= 0.6 is 0 Å². The smallest absolute Gasteiger partial charge is 0.237 e. The van der Waals surface area contributed by atoms with Gasteiger partial charge in [-0.25, -0.2) is 0 Å². The Morgan fingerprint density at radius 2 is 1.43 bits per heavy atom. The summed E-state index contributed by atoms with van der Waals surface area (Å²) < 4.78 is 0. The molecule has 1 saturated heterocycles. The minimum atomic E-state index is -0.126. The van der Waals surface area contributed by atoms with E-state index in [9.17, 15) is 4.79 Å². The lowest BCUT2D eigenvalue weighted by molar-refractivity contribution is -0.125. The Bertz CT molecular complexity index is 583. The first-order valence-corrected chi connectivity index (χ1v) is 7.43. The summed E-state index contributed by atoms with van der Waals surface area (Å²) in [5.41, 5.74) is 2.44. The fourth-order valence-electron chi connectivity index (χ4n) is 2.77. The van der Waals surface area contributed by atoms with Crippen molar-refractivity contribution in [2.24, 2.45) is 0 Å². The molecular formula is C18H20N2O. The first-order valence-electron chi connectivity index (χ1n) is 7.43. The third-order valence-corrected chi connectivity index (χ3v) is 3.88. The van der Waals surface area contributed by atoms with Crippen LogP contribution in [-0.2, 0) is 17.6 Å². The highest BCUT2D eigenvalue weighted by Gasteiger charge is 2.27. The van der Waals surface area contributed by atoms with Crippen LogP contribution in [-0.4, -0.2) is 24.5 Å². The van der Waals surface area contributed by atoms with Gasteiger partial charge in [-0.2, -0.15) is 0 Å². The van der Waals surface area contributed by atoms with Crippen LogP contribution in [0.3, 0.4) is 0 Å². The quantitative estimate of drug-likeness (QED) is 0.898. The standard InChI is InChI=1S/C18H20N2O/c21-18-17(12-15-9-5-2-6-10-15)19-13-16(20-18)11-14-7-3-1-4-8-14/h1-10,16-17,19H,11-13H2,(H,20,21)/t16-,17-/m0/s1. The minimum absolute atomic E-state index is 0.103. The van der Waals surface area contributed by atoms with E-state index in [4.69, 9.17) is 0 Å². The number of rotatable bonds is 4. The van der Waals surface area contributed by atoms with Crippen molar-refractivity contribution < 1.29 is 4.79 Å². The lowest BCUT2D eigenvalue weighted by atomic mass is 9.99. The van der Waals surface area contributed by atoms with Crippen molar-refractivity contribution >= 4 is 5.91 Å². The van der Waals surface area contributed by atoms with Gasteiger partial charge in [-0.05, 0) is 24.0 Å². The van der Waals surface area contributed by atoms with Crippen LogP contribution in [0.25, 0.3) is 0 Å². The maximum atomic E-state index is 12.2. The van der Waals surface area contributed by atoms with E-state index in [-0.39, 0.29) is 18.0 Å². The van der Waals surface area contributed by atoms with Crippen LogP contribution in [0.2, 0.25) is 0 Å². The van der Waals surface area contributed by atoms with Gasteiger partial charge in [0.1, 0.15) is 0 Å². The highest BCUT2D eigenvalue weighted by molar-refractivity contribution is 5.83. The zero-order valence-corrected chi connectivity index (χ0v) is 12.0. The van der Waals surface area contributed by atoms with Crippen molar-refractivity contribution in [2.75, 3.05) is 6.54 Å². The summed E-state index contributed by atoms with van der Waals surface area (Å²) in [7, 11) is 0. The molecule has 1 fully saturated rings. The van der Waals surface area contributed by atoms with Crippen LogP contribution in [0, 0.1) is 0 Å². The minimum Gasteiger partial charge on any atom is -0.350 e. The Morgan fingerprint density at radius 1 is 0.857 bits per heavy atom. The van der Waals surface area contributed by atoms with E-state index in [0.29, 0.717) is 0 Å². The lowest BCUT2D eigenvalue weighted by Crippen LogP contribution is -2.59. The van der Waals surface area contributed by atoms with Gasteiger partial charge in [0.2, 0.25) is 5.91 Å². The van der Waals surface area contributed by atoms with Crippen molar-refractivity contribution in [3.05, 3.63) is 71.8 Å². The molecule has 0 unspecified atom stereocenters. The third-order valence-electron chi connectivity index (χ3n) is 3.88. The van der Waals surface area contributed by atoms with Gasteiger partial charge >= 0.3 is 0 Å². The summed E-state index contributed by atoms with van der Waals surface area (Å²) in [5.74, 6) is 0.103. The molecule has 2 aromatic rings. The monoisotopic (exact) mass is 280 g/mol. The van der Waals surface area contributed by atoms with Crippen LogP contribution in [0.5, 0.6) is 0 Å². The van der Waals surface area contributed by atoms with Gasteiger partial charge < -0.3 is 10.6 Å². The Hall–Kier alpha value is -2.13. The van der Waals surface area contributed by atoms with Crippen molar-refractivity contribution in [1.29, 1.82) is 0 Å². The molecule has 3 rings (SSSR count). The average molecular weight is 280 g/mol. The summed E-state index contributed by atoms with van der Waals surface area (Å²) >= 11 is 0. The lowest BCUT2D eigenvalue weighted by Gasteiger charge is -2.30. The number of nitrogens with one attached hydrogen (secondary N) is 2. The number of hydrogen-bond donors (Lipinski definition) is 2. The van der Waals surface area contributed by atoms with Gasteiger partial charge in [-0.1, -0.05) is 60.7 Å². The molecule has 21 heavy (non-hydrogen) atoms. The topological polar surface area (TPSA) is 41.1 Å². The van der Waals surface area contributed by atoms with Crippen molar-refractivity contribution in [3.63, 3.8) is 0 Å². The number of carbonyl (C=O) groups excluding carboxylic acids is 1. The average Bonchev–Trinajstić information content (AvgIpc) is 2.52. The van der Waals surface area contributed by atoms with Gasteiger partial charge in [0.05, 0.1) is 6.04 Å². The Balaban J connectivity index is 1.56. The van der Waals surface area contributed by atoms with Crippen LogP contribution in [0.1, 0.15) is 11.1 Å². The third kappa shape index (κ3) is 3.70. The molecule has 0 aromatic heterocycles. The molecule has 0 bridgehead atoms. The van der Waals surface area contributed by atoms with E-state index in [2.05, 4.69) is 34.9 Å². The first kappa shape index (κ1) is 13.8. The fourth-order valence-corrected chi connectivity index (χ4v) is 2.77. The molecule has 1 aliphatic heterocycles. The second-order valence-electron chi connectivity index (χ2n) is 5.55. The van der Waals surface area contributed by atoms with Gasteiger partial charge in [0, 0.05) is 12.6 Å². The highest BCUT2D eigenvalue weighted by Crippen LogP contribution is 2.09. The summed E-state index contributed by atoms with van der Waals surface area (Å²) in [6.45, 7) is 0.818. The predicted octanol–water partition coefficient (Wildman–Crippen LogP) is 1.93. The van der Waals surface area contributed by atoms with E-state index in [1.165, 1.54) is 11.1 Å². The number of piperazine rings is 1. The van der Waals surface area contributed by atoms with Gasteiger partial charge in [-0.15, -0.1) is 0 Å². The maximum Gasteiger partial charge on any atom is 0.237 e. The van der Waals surface area contributed by atoms with Crippen molar-refractivity contribution in [2.45, 2.75) is 24.9 Å². The molecule has 1 heterocycles. The predicted molar refractivity (Wildman–Crippen MR) is 84.0 cm³/mol. The summed E-state index contributed by atoms with van der Waals surface area (Å²) in [5, 5.41) is 6.51. The second-order valence-corrected chi connectivity index (χ2v) is 5.55. The molecular weight excluding hydrogens is 260 g/mol. The molecule has 3 heteroatoms. The van der Waals surface area contributed by atoms with Crippen LogP contribution < -0.4 is 10.6 Å². The SMILES string of the molecule is O=C1N[C@@H](Cc2ccccc2)CN[C@H]1Cc1ccccc1. The normalized spacial score (nSPS) is 21.8. The van der Waals surface area contributed by atoms with E-state index >= 15 is 0 Å². The molecule has 0 aliphatic carbocycles. The summed E-state index contributed by atoms with van der Waals surface area (Å²) in [6, 6.07) is 20.5. The molecule has 0 radical (unpaired) electrons. The highest BCUT2D eigenvalue weighted by atomic mass is 16.2. The molecule has 3 nitrogen and oxygen atoms in total. The van der Waals surface area contributed by atoms with Crippen LogP contribution in [0.4, 0.5) is 0 Å².